The van der Waals surface area contributed by atoms with Gasteiger partial charge in [0.25, 0.3) is 0 Å². The highest BCUT2D eigenvalue weighted by Gasteiger charge is 2.20. The Kier molecular flexibility index (Phi) is 4.54. The lowest BCUT2D eigenvalue weighted by molar-refractivity contribution is 0.0957. The van der Waals surface area contributed by atoms with Crippen molar-refractivity contribution in [1.82, 2.24) is 0 Å². The van der Waals surface area contributed by atoms with E-state index in [1.165, 1.54) is 0 Å². The quantitative estimate of drug-likeness (QED) is 0.714. The van der Waals surface area contributed by atoms with Crippen LogP contribution in [-0.2, 0) is 0 Å². The molecule has 0 heterocycles. The molecule has 0 bridgehead atoms. The van der Waals surface area contributed by atoms with E-state index in [1.54, 1.807) is 0 Å². The van der Waals surface area contributed by atoms with Crippen molar-refractivity contribution >= 4 is 21.7 Å². The summed E-state index contributed by atoms with van der Waals surface area (Å²) < 4.78 is 1.04. The Morgan fingerprint density at radius 2 is 1.84 bits per heavy atom. The second kappa shape index (κ2) is 6.16. The first-order valence-corrected chi connectivity index (χ1v) is 7.28. The van der Waals surface area contributed by atoms with Gasteiger partial charge in [-0.2, -0.15) is 0 Å². The van der Waals surface area contributed by atoms with Gasteiger partial charge in [0.2, 0.25) is 0 Å². The van der Waals surface area contributed by atoms with E-state index in [4.69, 9.17) is 0 Å². The molecule has 98 valence electrons. The van der Waals surface area contributed by atoms with Gasteiger partial charge in [0.05, 0.1) is 0 Å². The van der Waals surface area contributed by atoms with Crippen molar-refractivity contribution in [2.45, 2.75) is 26.2 Å². The van der Waals surface area contributed by atoms with Crippen molar-refractivity contribution in [3.05, 3.63) is 69.7 Å². The fourth-order valence-electron chi connectivity index (χ4n) is 2.26. The van der Waals surface area contributed by atoms with Gasteiger partial charge in [-0.1, -0.05) is 59.3 Å². The maximum Gasteiger partial charge on any atom is 0.170 e. The predicted octanol–water partition coefficient (Wildman–Crippen LogP) is 5.13. The van der Waals surface area contributed by atoms with Crippen LogP contribution in [0.3, 0.4) is 0 Å². The summed E-state index contributed by atoms with van der Waals surface area (Å²) in [7, 11) is 0. The maximum absolute atomic E-state index is 12.6. The molecule has 0 saturated carbocycles. The molecule has 19 heavy (non-hydrogen) atoms. The largest absolute Gasteiger partial charge is 0.293 e. The van der Waals surface area contributed by atoms with Gasteiger partial charge < -0.3 is 0 Å². The monoisotopic (exact) mass is 316 g/mol. The number of aryl methyl sites for hydroxylation is 1. The lowest BCUT2D eigenvalue weighted by Gasteiger charge is -2.14. The van der Waals surface area contributed by atoms with Crippen LogP contribution in [0, 0.1) is 6.92 Å². The highest BCUT2D eigenvalue weighted by atomic mass is 79.9. The SMILES string of the molecule is CCC(C(=O)c1ccc(Br)c(C)c1)c1ccccc1. The summed E-state index contributed by atoms with van der Waals surface area (Å²) in [5.41, 5.74) is 2.97. The van der Waals surface area contributed by atoms with Crippen LogP contribution in [0.1, 0.15) is 40.7 Å². The molecule has 0 spiro atoms. The summed E-state index contributed by atoms with van der Waals surface area (Å²) in [5, 5.41) is 0. The number of halogens is 1. The summed E-state index contributed by atoms with van der Waals surface area (Å²) in [6.07, 6.45) is 0.817. The number of Topliss-reactive ketones (excluding diaryl/α,β-unsaturated/α-hetero) is 1. The predicted molar refractivity (Wildman–Crippen MR) is 82.7 cm³/mol. The molecule has 0 aliphatic carbocycles. The molecule has 0 aliphatic rings. The van der Waals surface area contributed by atoms with Gasteiger partial charge in [0.15, 0.2) is 5.78 Å². The van der Waals surface area contributed by atoms with Crippen LogP contribution >= 0.6 is 15.9 Å². The Labute approximate surface area is 122 Å². The molecule has 0 saturated heterocycles. The molecule has 0 amide bonds. The normalized spacial score (nSPS) is 12.2. The topological polar surface area (TPSA) is 17.1 Å². The molecule has 2 aromatic rings. The molecule has 2 heteroatoms. The third-order valence-corrected chi connectivity index (χ3v) is 4.26. The highest BCUT2D eigenvalue weighted by molar-refractivity contribution is 9.10. The Morgan fingerprint density at radius 3 is 2.42 bits per heavy atom. The Morgan fingerprint density at radius 1 is 1.16 bits per heavy atom. The second-order valence-corrected chi connectivity index (χ2v) is 5.55. The van der Waals surface area contributed by atoms with E-state index in [9.17, 15) is 4.79 Å². The third kappa shape index (κ3) is 3.13. The van der Waals surface area contributed by atoms with E-state index in [0.29, 0.717) is 0 Å². The molecule has 1 atom stereocenters. The van der Waals surface area contributed by atoms with Gasteiger partial charge in [-0.15, -0.1) is 0 Å². The van der Waals surface area contributed by atoms with Crippen LogP contribution in [0.5, 0.6) is 0 Å². The van der Waals surface area contributed by atoms with Crippen LogP contribution in [0.2, 0.25) is 0 Å². The minimum Gasteiger partial charge on any atom is -0.293 e. The van der Waals surface area contributed by atoms with Gasteiger partial charge in [-0.05, 0) is 36.6 Å². The van der Waals surface area contributed by atoms with Crippen molar-refractivity contribution in [3.8, 4) is 0 Å². The number of carbonyl (C=O) groups is 1. The number of hydrogen-bond donors (Lipinski definition) is 0. The lowest BCUT2D eigenvalue weighted by atomic mass is 9.88. The van der Waals surface area contributed by atoms with Gasteiger partial charge in [0.1, 0.15) is 0 Å². The smallest absolute Gasteiger partial charge is 0.170 e. The number of carbonyl (C=O) groups excluding carboxylic acids is 1. The van der Waals surface area contributed by atoms with Crippen LogP contribution in [0.4, 0.5) is 0 Å². The number of ketones is 1. The summed E-state index contributed by atoms with van der Waals surface area (Å²) >= 11 is 3.47. The van der Waals surface area contributed by atoms with Crippen molar-refractivity contribution < 1.29 is 4.79 Å². The molecule has 0 radical (unpaired) electrons. The van der Waals surface area contributed by atoms with E-state index >= 15 is 0 Å². The maximum atomic E-state index is 12.6. The Hall–Kier alpha value is -1.41. The first-order chi connectivity index (χ1) is 9.13. The van der Waals surface area contributed by atoms with E-state index in [0.717, 1.165) is 27.6 Å². The van der Waals surface area contributed by atoms with Gasteiger partial charge >= 0.3 is 0 Å². The third-order valence-electron chi connectivity index (χ3n) is 3.37. The van der Waals surface area contributed by atoms with Crippen molar-refractivity contribution in [1.29, 1.82) is 0 Å². The van der Waals surface area contributed by atoms with E-state index < -0.39 is 0 Å². The van der Waals surface area contributed by atoms with E-state index in [2.05, 4.69) is 22.9 Å². The van der Waals surface area contributed by atoms with Crippen molar-refractivity contribution in [3.63, 3.8) is 0 Å². The minimum absolute atomic E-state index is 0.0539. The average Bonchev–Trinajstić information content (AvgIpc) is 2.44. The summed E-state index contributed by atoms with van der Waals surface area (Å²) in [6.45, 7) is 4.06. The van der Waals surface area contributed by atoms with Crippen LogP contribution < -0.4 is 0 Å². The van der Waals surface area contributed by atoms with Gasteiger partial charge in [-0.25, -0.2) is 0 Å². The summed E-state index contributed by atoms with van der Waals surface area (Å²) in [6, 6.07) is 15.8. The fraction of sp³-hybridized carbons (Fsp3) is 0.235. The first-order valence-electron chi connectivity index (χ1n) is 6.48. The summed E-state index contributed by atoms with van der Waals surface area (Å²) in [4.78, 5) is 12.6. The minimum atomic E-state index is -0.0539. The van der Waals surface area contributed by atoms with Crippen molar-refractivity contribution in [2.75, 3.05) is 0 Å². The molecule has 0 N–H and O–H groups in total. The molecule has 2 rings (SSSR count). The zero-order valence-corrected chi connectivity index (χ0v) is 12.8. The Bertz CT molecular complexity index is 575. The first kappa shape index (κ1) is 14.0. The molecule has 2 aromatic carbocycles. The van der Waals surface area contributed by atoms with Crippen molar-refractivity contribution in [2.24, 2.45) is 0 Å². The standard InChI is InChI=1S/C17H17BrO/c1-3-15(13-7-5-4-6-8-13)17(19)14-9-10-16(18)12(2)11-14/h4-11,15H,3H2,1-2H3. The lowest BCUT2D eigenvalue weighted by Crippen LogP contribution is -2.12. The number of benzene rings is 2. The molecule has 0 aliphatic heterocycles. The number of rotatable bonds is 4. The van der Waals surface area contributed by atoms with E-state index in [1.807, 2.05) is 55.5 Å². The Balaban J connectivity index is 2.33. The average molecular weight is 317 g/mol. The highest BCUT2D eigenvalue weighted by Crippen LogP contribution is 2.26. The van der Waals surface area contributed by atoms with E-state index in [-0.39, 0.29) is 11.7 Å². The van der Waals surface area contributed by atoms with Crippen LogP contribution in [-0.4, -0.2) is 5.78 Å². The van der Waals surface area contributed by atoms with Gasteiger partial charge in [-0.3, -0.25) is 4.79 Å². The molecule has 1 nitrogen and oxygen atoms in total. The molecular formula is C17H17BrO. The van der Waals surface area contributed by atoms with Crippen LogP contribution in [0.15, 0.2) is 53.0 Å². The number of hydrogen-bond acceptors (Lipinski definition) is 1. The molecular weight excluding hydrogens is 300 g/mol. The molecule has 1 unspecified atom stereocenters. The summed E-state index contributed by atoms with van der Waals surface area (Å²) in [5.74, 6) is 0.145. The second-order valence-electron chi connectivity index (χ2n) is 4.70. The molecule has 0 fully saturated rings. The molecule has 0 aromatic heterocycles. The zero-order valence-electron chi connectivity index (χ0n) is 11.2. The fourth-order valence-corrected chi connectivity index (χ4v) is 2.50. The zero-order chi connectivity index (χ0) is 13.8. The van der Waals surface area contributed by atoms with Crippen LogP contribution in [0.25, 0.3) is 0 Å². The van der Waals surface area contributed by atoms with Gasteiger partial charge in [0, 0.05) is 16.0 Å².